The van der Waals surface area contributed by atoms with Crippen molar-refractivity contribution in [1.29, 1.82) is 0 Å². The third-order valence-electron chi connectivity index (χ3n) is 4.30. The van der Waals surface area contributed by atoms with Gasteiger partial charge in [-0.25, -0.2) is 13.4 Å². The standard InChI is InChI=1S/C14H16ClF3IN5O2S/c1-8-6-22(27(2,25)26)3-4-23(8)9-5-10(15)20-11-12(9)24(21-13(11)19)7-14(16,17)18/h5,8H,3-4,6-7H2,1-2H3/t8-/m1/s1. The van der Waals surface area contributed by atoms with E-state index in [1.54, 1.807) is 0 Å². The van der Waals surface area contributed by atoms with Gasteiger partial charge in [-0.3, -0.25) is 4.68 Å². The third-order valence-corrected chi connectivity index (χ3v) is 6.49. The van der Waals surface area contributed by atoms with Crippen LogP contribution in [0.2, 0.25) is 5.15 Å². The molecule has 0 radical (unpaired) electrons. The van der Waals surface area contributed by atoms with Gasteiger partial charge in [0.2, 0.25) is 10.0 Å². The fraction of sp³-hybridized carbons (Fsp3) is 0.571. The number of hydrogen-bond donors (Lipinski definition) is 0. The smallest absolute Gasteiger partial charge is 0.364 e. The Labute approximate surface area is 172 Å². The van der Waals surface area contributed by atoms with Crippen LogP contribution in [0.4, 0.5) is 18.9 Å². The van der Waals surface area contributed by atoms with Crippen molar-refractivity contribution in [2.75, 3.05) is 30.8 Å². The second-order valence-electron chi connectivity index (χ2n) is 6.39. The summed E-state index contributed by atoms with van der Waals surface area (Å²) in [6.45, 7) is 1.34. The molecule has 0 bridgehead atoms. The molecule has 1 atom stereocenters. The number of hydrogen-bond acceptors (Lipinski definition) is 5. The van der Waals surface area contributed by atoms with E-state index in [4.69, 9.17) is 11.6 Å². The van der Waals surface area contributed by atoms with Crippen LogP contribution >= 0.6 is 34.2 Å². The predicted octanol–water partition coefficient (Wildman–Crippen LogP) is 2.72. The molecule has 27 heavy (non-hydrogen) atoms. The minimum absolute atomic E-state index is 0.139. The predicted molar refractivity (Wildman–Crippen MR) is 105 cm³/mol. The minimum atomic E-state index is -4.44. The van der Waals surface area contributed by atoms with E-state index in [0.29, 0.717) is 21.4 Å². The molecule has 0 saturated carbocycles. The number of anilines is 1. The Morgan fingerprint density at radius 1 is 1.37 bits per heavy atom. The molecular formula is C14H16ClF3IN5O2S. The Morgan fingerprint density at radius 3 is 2.59 bits per heavy atom. The summed E-state index contributed by atoms with van der Waals surface area (Å²) in [7, 11) is -3.34. The lowest BCUT2D eigenvalue weighted by molar-refractivity contribution is -0.141. The lowest BCUT2D eigenvalue weighted by Crippen LogP contribution is -2.53. The Hall–Kier alpha value is -0.860. The summed E-state index contributed by atoms with van der Waals surface area (Å²) in [6, 6.07) is 1.24. The normalized spacial score (nSPS) is 19.8. The fourth-order valence-electron chi connectivity index (χ4n) is 3.18. The molecule has 2 aromatic rings. The molecule has 0 spiro atoms. The Kier molecular flexibility index (Phi) is 5.56. The first-order valence-corrected chi connectivity index (χ1v) is 11.2. The van der Waals surface area contributed by atoms with Crippen LogP contribution in [-0.2, 0) is 16.6 Å². The molecule has 1 aliphatic rings. The molecule has 0 N–H and O–H groups in total. The quantitative estimate of drug-likeness (QED) is 0.445. The van der Waals surface area contributed by atoms with Gasteiger partial charge in [0.15, 0.2) is 0 Å². The molecule has 3 rings (SSSR count). The van der Waals surface area contributed by atoms with Crippen molar-refractivity contribution in [1.82, 2.24) is 19.1 Å². The number of halogens is 5. The number of fused-ring (bicyclic) bond motifs is 1. The SMILES string of the molecule is C[C@@H]1CN(S(C)(=O)=O)CCN1c1cc(Cl)nc2c(I)nn(CC(F)(F)F)c12. The van der Waals surface area contributed by atoms with Gasteiger partial charge in [-0.1, -0.05) is 11.6 Å². The highest BCUT2D eigenvalue weighted by molar-refractivity contribution is 14.1. The summed E-state index contributed by atoms with van der Waals surface area (Å²) in [5.41, 5.74) is 0.992. The summed E-state index contributed by atoms with van der Waals surface area (Å²) < 4.78 is 65.1. The van der Waals surface area contributed by atoms with E-state index < -0.39 is 22.7 Å². The van der Waals surface area contributed by atoms with Gasteiger partial charge in [-0.15, -0.1) is 0 Å². The van der Waals surface area contributed by atoms with Crippen LogP contribution in [0.1, 0.15) is 6.92 Å². The molecule has 0 unspecified atom stereocenters. The highest BCUT2D eigenvalue weighted by Crippen LogP contribution is 2.34. The number of alkyl halides is 3. The maximum absolute atomic E-state index is 13.0. The van der Waals surface area contributed by atoms with Gasteiger partial charge >= 0.3 is 6.18 Å². The van der Waals surface area contributed by atoms with Crippen LogP contribution < -0.4 is 4.90 Å². The molecule has 0 aliphatic carbocycles. The second kappa shape index (κ2) is 7.19. The van der Waals surface area contributed by atoms with Crippen molar-refractivity contribution >= 4 is 60.9 Å². The molecule has 7 nitrogen and oxygen atoms in total. The molecule has 1 aliphatic heterocycles. The van der Waals surface area contributed by atoms with Gasteiger partial charge in [0, 0.05) is 31.7 Å². The molecule has 1 fully saturated rings. The van der Waals surface area contributed by atoms with Gasteiger partial charge in [0.25, 0.3) is 0 Å². The van der Waals surface area contributed by atoms with E-state index >= 15 is 0 Å². The summed E-state index contributed by atoms with van der Waals surface area (Å²) >= 11 is 7.93. The van der Waals surface area contributed by atoms with Crippen LogP contribution in [0.5, 0.6) is 0 Å². The van der Waals surface area contributed by atoms with Crippen LogP contribution in [0.25, 0.3) is 11.0 Å². The van der Waals surface area contributed by atoms with Crippen LogP contribution in [0, 0.1) is 3.70 Å². The molecule has 0 aromatic carbocycles. The zero-order valence-corrected chi connectivity index (χ0v) is 18.1. The van der Waals surface area contributed by atoms with Gasteiger partial charge in [-0.05, 0) is 29.5 Å². The van der Waals surface area contributed by atoms with Crippen LogP contribution in [0.3, 0.4) is 0 Å². The van der Waals surface area contributed by atoms with Crippen molar-refractivity contribution in [3.05, 3.63) is 14.9 Å². The summed E-state index contributed by atoms with van der Waals surface area (Å²) in [6.07, 6.45) is -3.31. The van der Waals surface area contributed by atoms with E-state index in [-0.39, 0.29) is 29.8 Å². The maximum atomic E-state index is 13.0. The minimum Gasteiger partial charge on any atom is -0.364 e. The van der Waals surface area contributed by atoms with E-state index in [2.05, 4.69) is 10.1 Å². The van der Waals surface area contributed by atoms with Gasteiger partial charge in [0.05, 0.1) is 11.9 Å². The number of aromatic nitrogens is 3. The van der Waals surface area contributed by atoms with Crippen molar-refractivity contribution < 1.29 is 21.6 Å². The molecule has 150 valence electrons. The monoisotopic (exact) mass is 537 g/mol. The first-order chi connectivity index (χ1) is 12.4. The molecular weight excluding hydrogens is 522 g/mol. The van der Waals surface area contributed by atoms with Gasteiger partial charge in [0.1, 0.15) is 26.4 Å². The van der Waals surface area contributed by atoms with Crippen molar-refractivity contribution in [3.8, 4) is 0 Å². The van der Waals surface area contributed by atoms with Crippen molar-refractivity contribution in [3.63, 3.8) is 0 Å². The second-order valence-corrected chi connectivity index (χ2v) is 9.78. The average molecular weight is 538 g/mol. The number of pyridine rings is 1. The molecule has 13 heteroatoms. The van der Waals surface area contributed by atoms with Crippen LogP contribution in [-0.4, -0.2) is 65.6 Å². The molecule has 2 aromatic heterocycles. The first kappa shape index (κ1) is 20.9. The van der Waals surface area contributed by atoms with Crippen molar-refractivity contribution in [2.24, 2.45) is 0 Å². The van der Waals surface area contributed by atoms with Gasteiger partial charge in [-0.2, -0.15) is 22.6 Å². The highest BCUT2D eigenvalue weighted by Gasteiger charge is 2.34. The van der Waals surface area contributed by atoms with E-state index in [9.17, 15) is 21.6 Å². The van der Waals surface area contributed by atoms with E-state index in [1.807, 2.05) is 34.4 Å². The van der Waals surface area contributed by atoms with Crippen LogP contribution in [0.15, 0.2) is 6.07 Å². The van der Waals surface area contributed by atoms with Crippen molar-refractivity contribution in [2.45, 2.75) is 25.7 Å². The zero-order chi connectivity index (χ0) is 20.1. The largest absolute Gasteiger partial charge is 0.408 e. The topological polar surface area (TPSA) is 71.3 Å². The molecule has 0 amide bonds. The van der Waals surface area contributed by atoms with E-state index in [1.165, 1.54) is 10.4 Å². The average Bonchev–Trinajstić information content (AvgIpc) is 2.79. The van der Waals surface area contributed by atoms with E-state index in [0.717, 1.165) is 10.9 Å². The summed E-state index contributed by atoms with van der Waals surface area (Å²) in [5.74, 6) is 0. The van der Waals surface area contributed by atoms with Gasteiger partial charge < -0.3 is 4.90 Å². The zero-order valence-electron chi connectivity index (χ0n) is 14.3. The molecule has 1 saturated heterocycles. The third kappa shape index (κ3) is 4.43. The lowest BCUT2D eigenvalue weighted by Gasteiger charge is -2.40. The Balaban J connectivity index is 2.09. The molecule has 3 heterocycles. The number of nitrogens with zero attached hydrogens (tertiary/aromatic N) is 5. The summed E-state index contributed by atoms with van der Waals surface area (Å²) in [4.78, 5) is 5.98. The number of piperazine rings is 1. The Morgan fingerprint density at radius 2 is 2.04 bits per heavy atom. The Bertz CT molecular complexity index is 981. The lowest BCUT2D eigenvalue weighted by atomic mass is 10.1. The summed E-state index contributed by atoms with van der Waals surface area (Å²) in [5, 5.41) is 4.12. The highest BCUT2D eigenvalue weighted by atomic mass is 127. The first-order valence-electron chi connectivity index (χ1n) is 7.88. The number of sulfonamides is 1. The maximum Gasteiger partial charge on any atom is 0.408 e. The fourth-order valence-corrected chi connectivity index (χ4v) is 4.91. The number of rotatable bonds is 3.